The van der Waals surface area contributed by atoms with Crippen LogP contribution in [0.5, 0.6) is 0 Å². The largest absolute Gasteiger partial charge is 0.479 e. The Morgan fingerprint density at radius 3 is 0.663 bits per heavy atom. The average molecular weight is 1220 g/mol. The first-order valence-corrected chi connectivity index (χ1v) is 22.5. The van der Waals surface area contributed by atoms with Crippen molar-refractivity contribution in [1.29, 1.82) is 0 Å². The predicted molar refractivity (Wildman–Crippen MR) is 309 cm³/mol. The summed E-state index contributed by atoms with van der Waals surface area (Å²) >= 11 is 0. The summed E-state index contributed by atoms with van der Waals surface area (Å²) in [4.78, 5) is 155. The molecule has 28 heteroatoms. The van der Waals surface area contributed by atoms with Crippen molar-refractivity contribution in [3.63, 3.8) is 0 Å². The van der Waals surface area contributed by atoms with Gasteiger partial charge in [0, 0.05) is 45.3 Å². The fraction of sp³-hybridized carbons (Fsp3) is 0.709. The first kappa shape index (κ1) is 111. The summed E-state index contributed by atoms with van der Waals surface area (Å²) in [5.41, 5.74) is 0. The molecule has 0 fully saturated rings. The van der Waals surface area contributed by atoms with E-state index in [-0.39, 0.29) is 126 Å². The lowest BCUT2D eigenvalue weighted by molar-refractivity contribution is -0.187. The lowest BCUT2D eigenvalue weighted by atomic mass is 10.1. The van der Waals surface area contributed by atoms with E-state index in [0.717, 1.165) is 20.3 Å². The van der Waals surface area contributed by atoms with E-state index in [1.54, 1.807) is 6.08 Å². The molecular formula is C55H108O28. The Kier molecular flexibility index (Phi) is 85.3. The van der Waals surface area contributed by atoms with Gasteiger partial charge in [-0.25, -0.2) is 28.8 Å². The van der Waals surface area contributed by atoms with Gasteiger partial charge in [0.2, 0.25) is 36.6 Å². The second-order valence-corrected chi connectivity index (χ2v) is 14.1. The van der Waals surface area contributed by atoms with Crippen molar-refractivity contribution in [1.82, 2.24) is 0 Å². The summed E-state index contributed by atoms with van der Waals surface area (Å²) in [7, 11) is 0. The van der Waals surface area contributed by atoms with Crippen LogP contribution in [0.25, 0.3) is 0 Å². The molecule has 0 aliphatic rings. The van der Waals surface area contributed by atoms with Crippen LogP contribution in [0.1, 0.15) is 201 Å². The number of ketones is 2. The Bertz CT molecular complexity index is 1720. The van der Waals surface area contributed by atoms with Crippen LogP contribution < -0.4 is 0 Å². The summed E-state index contributed by atoms with van der Waals surface area (Å²) in [6.45, 7) is 15.3. The number of rotatable bonds is 32. The normalized spacial score (nSPS) is 11.9. The summed E-state index contributed by atoms with van der Waals surface area (Å²) in [5, 5.41) is 53.2. The van der Waals surface area contributed by atoms with Crippen LogP contribution >= 0.6 is 0 Å². The number of ether oxygens (including phenoxy) is 8. The van der Waals surface area contributed by atoms with Crippen LogP contribution in [0.2, 0.25) is 0 Å². The van der Waals surface area contributed by atoms with Gasteiger partial charge in [-0.3, -0.25) is 38.4 Å². The van der Waals surface area contributed by atoms with E-state index in [0.29, 0.717) is 12.8 Å². The van der Waals surface area contributed by atoms with Gasteiger partial charge in [-0.05, 0) is 33.1 Å². The molecule has 0 bridgehead atoms. The third-order valence-corrected chi connectivity index (χ3v) is 8.05. The van der Waals surface area contributed by atoms with E-state index >= 15 is 0 Å². The average Bonchev–Trinajstić information content (AvgIpc) is 3.32. The smallest absolute Gasteiger partial charge is 0.349 e. The van der Waals surface area contributed by atoms with Crippen molar-refractivity contribution in [3.05, 3.63) is 12.2 Å². The second kappa shape index (κ2) is 63.8. The minimum Gasteiger partial charge on any atom is -0.479 e. The molecule has 0 aliphatic heterocycles. The number of carbonyl (C=O) groups excluding carboxylic acids is 8. The molecule has 0 aromatic rings. The molecule has 0 saturated carbocycles. The van der Waals surface area contributed by atoms with Gasteiger partial charge < -0.3 is 68.5 Å². The lowest BCUT2D eigenvalue weighted by Crippen LogP contribution is -2.45. The second-order valence-electron chi connectivity index (χ2n) is 14.1. The van der Waals surface area contributed by atoms with Gasteiger partial charge in [0.15, 0.2) is 23.8 Å². The van der Waals surface area contributed by atoms with Gasteiger partial charge in [0.05, 0.1) is 6.42 Å². The highest BCUT2D eigenvalue weighted by molar-refractivity contribution is 5.92. The maximum Gasteiger partial charge on any atom is 0.349 e. The molecule has 0 spiro atoms. The molecule has 0 saturated heterocycles. The highest BCUT2D eigenvalue weighted by Gasteiger charge is 2.41. The van der Waals surface area contributed by atoms with Gasteiger partial charge in [-0.15, -0.1) is 0 Å². The van der Waals surface area contributed by atoms with E-state index < -0.39 is 132 Å². The van der Waals surface area contributed by atoms with Crippen molar-refractivity contribution in [2.24, 2.45) is 0 Å². The van der Waals surface area contributed by atoms with Crippen LogP contribution in [-0.4, -0.2) is 176 Å². The summed E-state index contributed by atoms with van der Waals surface area (Å²) in [6, 6.07) is 0. The van der Waals surface area contributed by atoms with Crippen LogP contribution in [0.15, 0.2) is 12.2 Å². The maximum atomic E-state index is 11.5. The molecule has 0 aromatic carbocycles. The first-order valence-electron chi connectivity index (χ1n) is 22.5. The highest BCUT2D eigenvalue weighted by atomic mass is 16.6. The van der Waals surface area contributed by atoms with E-state index in [2.05, 4.69) is 18.9 Å². The summed E-state index contributed by atoms with van der Waals surface area (Å²) in [5.74, 6) is -15.4. The van der Waals surface area contributed by atoms with Gasteiger partial charge >= 0.3 is 71.6 Å². The Morgan fingerprint density at radius 2 is 0.494 bits per heavy atom. The molecule has 0 amide bonds. The Morgan fingerprint density at radius 1 is 0.301 bits per heavy atom. The quantitative estimate of drug-likeness (QED) is 0.0209. The predicted octanol–water partition coefficient (Wildman–Crippen LogP) is 8.46. The number of allylic oxidation sites excluding steroid dienone is 1. The summed E-state index contributed by atoms with van der Waals surface area (Å²) in [6.07, 6.45) is -9.22. The van der Waals surface area contributed by atoms with E-state index in [4.69, 9.17) is 49.6 Å². The molecule has 0 heterocycles. The van der Waals surface area contributed by atoms with Gasteiger partial charge in [-0.2, -0.15) is 0 Å². The fourth-order valence-corrected chi connectivity index (χ4v) is 4.41. The standard InChI is InChI=1S/C14H20O7.C11H16O7.C10H14O8.C10H18O6.10CH4/c1-4-6-7-8-11(17)21-13(14(18)19)12(9(3)15)20-10(16)5-2;1-4-7(13)17-9(6(3)12)10(11(15)16)18-8(14)5-2;1-3-5(11)17-7(9(13)14)8(10(15)16)18-6(12)4-2;1-3-5-15-7(9(11)12)8(10(13)14)16-6-4-2;;;;;;;;;;/h6-7,12-13H,4-5,8H2,1-3H3,(H,18,19);9-10H,4-5H2,1-3H3,(H,15,16);7-8H,3-4H2,1-2H3,(H,13,14)(H,15,16);7-8H,3-6H2,1-2H3,(H,11,12)(H,13,14);10*1H4/b7-6-;;;;;;;;;;;;;. The van der Waals surface area contributed by atoms with Gasteiger partial charge in [0.25, 0.3) is 0 Å². The summed E-state index contributed by atoms with van der Waals surface area (Å²) < 4.78 is 37.6. The molecule has 8 unspecified atom stereocenters. The zero-order chi connectivity index (χ0) is 57.6. The fourth-order valence-electron chi connectivity index (χ4n) is 4.41. The van der Waals surface area contributed by atoms with Crippen molar-refractivity contribution >= 4 is 83.2 Å². The topological polar surface area (TPSA) is 434 Å². The number of carboxylic acids is 6. The van der Waals surface area contributed by atoms with Crippen LogP contribution in [0.4, 0.5) is 0 Å². The number of aliphatic carboxylic acids is 6. The van der Waals surface area contributed by atoms with Crippen molar-refractivity contribution < 1.29 is 136 Å². The molecular weight excluding hydrogens is 1110 g/mol. The van der Waals surface area contributed by atoms with Crippen LogP contribution in [0.3, 0.4) is 0 Å². The number of hydrogen-bond acceptors (Lipinski definition) is 22. The number of Topliss-reactive ketones (excluding diaryl/α,β-unsaturated/α-hetero) is 2. The third-order valence-electron chi connectivity index (χ3n) is 8.05. The third kappa shape index (κ3) is 51.3. The molecule has 6 N–H and O–H groups in total. The maximum absolute atomic E-state index is 11.5. The number of carboxylic acid groups (broad SMARTS) is 6. The zero-order valence-electron chi connectivity index (χ0n) is 42.2. The number of esters is 6. The number of carbonyl (C=O) groups is 14. The molecule has 496 valence electrons. The molecule has 8 atom stereocenters. The first-order chi connectivity index (χ1) is 34.0. The van der Waals surface area contributed by atoms with E-state index in [9.17, 15) is 67.1 Å². The minimum absolute atomic E-state index is 0. The SMILES string of the molecule is C.C.C.C.C.C.C.C.C.C.CC/C=C\CC(=O)OC(C(=O)O)C(OC(=O)CC)C(C)=O.CCC(=O)OC(C(=O)O)C(OC(=O)CC)C(=O)O.CCC(=O)OC(C(C)=O)C(OC(=O)CC)C(=O)O.CCCOC(C(=O)O)C(OCCC)C(=O)O. The van der Waals surface area contributed by atoms with E-state index in [1.807, 2.05) is 20.8 Å². The van der Waals surface area contributed by atoms with Gasteiger partial charge in [-0.1, -0.05) is 142 Å². The molecule has 0 aromatic heterocycles. The number of hydrogen-bond donors (Lipinski definition) is 6. The molecule has 0 rings (SSSR count). The van der Waals surface area contributed by atoms with Crippen LogP contribution in [-0.2, 0) is 105 Å². The minimum atomic E-state index is -2.06. The molecule has 0 aliphatic carbocycles. The Labute approximate surface area is 493 Å². The van der Waals surface area contributed by atoms with Crippen LogP contribution in [0, 0.1) is 0 Å². The van der Waals surface area contributed by atoms with Crippen molar-refractivity contribution in [3.8, 4) is 0 Å². The van der Waals surface area contributed by atoms with Crippen molar-refractivity contribution in [2.45, 2.75) is 250 Å². The van der Waals surface area contributed by atoms with Crippen molar-refractivity contribution in [2.75, 3.05) is 13.2 Å². The highest BCUT2D eigenvalue weighted by Crippen LogP contribution is 2.13. The Balaban J connectivity index is -0.0000000615. The van der Waals surface area contributed by atoms with Gasteiger partial charge in [0.1, 0.15) is 0 Å². The molecule has 28 nitrogen and oxygen atoms in total. The molecule has 83 heavy (non-hydrogen) atoms. The monoisotopic (exact) mass is 1220 g/mol. The zero-order valence-corrected chi connectivity index (χ0v) is 42.2. The molecule has 0 radical (unpaired) electrons. The Hall–Kier alpha value is -7.36. The van der Waals surface area contributed by atoms with E-state index in [1.165, 1.54) is 40.7 Å². The lowest BCUT2D eigenvalue weighted by Gasteiger charge is -2.21.